The summed E-state index contributed by atoms with van der Waals surface area (Å²) < 4.78 is 16.1. The lowest BCUT2D eigenvalue weighted by molar-refractivity contribution is -0.117. The van der Waals surface area contributed by atoms with E-state index in [4.69, 9.17) is 19.7 Å². The number of fused-ring (bicyclic) bond motifs is 1. The summed E-state index contributed by atoms with van der Waals surface area (Å²) in [5, 5.41) is 4.19. The summed E-state index contributed by atoms with van der Waals surface area (Å²) in [5.74, 6) is 1.33. The number of carbonyl (C=O) groups is 1. The number of ether oxygens (including phenoxy) is 2. The van der Waals surface area contributed by atoms with Crippen LogP contribution in [0.1, 0.15) is 23.4 Å². The molecule has 128 valence electrons. The Hall–Kier alpha value is -2.54. The summed E-state index contributed by atoms with van der Waals surface area (Å²) >= 11 is 0. The summed E-state index contributed by atoms with van der Waals surface area (Å²) in [5.41, 5.74) is 8.12. The Morgan fingerprint density at radius 2 is 2.17 bits per heavy atom. The van der Waals surface area contributed by atoms with Gasteiger partial charge in [-0.2, -0.15) is 0 Å². The van der Waals surface area contributed by atoms with E-state index in [1.54, 1.807) is 7.11 Å². The van der Waals surface area contributed by atoms with Crippen molar-refractivity contribution in [2.24, 2.45) is 5.73 Å². The molecule has 24 heavy (non-hydrogen) atoms. The highest BCUT2D eigenvalue weighted by Gasteiger charge is 2.22. The summed E-state index contributed by atoms with van der Waals surface area (Å²) in [7, 11) is 1.63. The number of nitrogens with zero attached hydrogens (tertiary/aromatic N) is 2. The van der Waals surface area contributed by atoms with Crippen LogP contribution < -0.4 is 15.4 Å². The molecule has 0 fully saturated rings. The van der Waals surface area contributed by atoms with Crippen molar-refractivity contribution in [3.8, 4) is 5.75 Å². The van der Waals surface area contributed by atoms with Crippen molar-refractivity contribution in [2.45, 2.75) is 26.0 Å². The molecule has 1 aliphatic heterocycles. The van der Waals surface area contributed by atoms with Gasteiger partial charge in [-0.05, 0) is 24.3 Å². The predicted octanol–water partition coefficient (Wildman–Crippen LogP) is 1.64. The molecule has 0 bridgehead atoms. The lowest BCUT2D eigenvalue weighted by atomic mass is 10.1. The number of anilines is 1. The van der Waals surface area contributed by atoms with Crippen LogP contribution in [-0.4, -0.2) is 31.3 Å². The van der Waals surface area contributed by atoms with Crippen LogP contribution in [0.15, 0.2) is 28.8 Å². The first-order valence-corrected chi connectivity index (χ1v) is 7.88. The van der Waals surface area contributed by atoms with Gasteiger partial charge in [0.2, 0.25) is 5.91 Å². The van der Waals surface area contributed by atoms with Gasteiger partial charge in [-0.3, -0.25) is 4.79 Å². The van der Waals surface area contributed by atoms with Gasteiger partial charge < -0.3 is 24.6 Å². The van der Waals surface area contributed by atoms with Crippen molar-refractivity contribution in [1.82, 2.24) is 5.16 Å². The number of primary amides is 1. The number of methoxy groups -OCH3 is 1. The molecule has 0 saturated carbocycles. The highest BCUT2D eigenvalue weighted by Crippen LogP contribution is 2.25. The molecule has 2 heterocycles. The van der Waals surface area contributed by atoms with Gasteiger partial charge in [0.1, 0.15) is 17.2 Å². The summed E-state index contributed by atoms with van der Waals surface area (Å²) in [6.07, 6.45) is 1.01. The first-order valence-electron chi connectivity index (χ1n) is 7.88. The average Bonchev–Trinajstić information content (AvgIpc) is 3.01. The molecular formula is C17H21N3O4. The number of amides is 1. The van der Waals surface area contributed by atoms with Gasteiger partial charge in [0.25, 0.3) is 0 Å². The van der Waals surface area contributed by atoms with Crippen LogP contribution in [-0.2, 0) is 29.1 Å². The molecule has 1 aromatic carbocycles. The van der Waals surface area contributed by atoms with Crippen molar-refractivity contribution in [2.75, 3.05) is 25.2 Å². The fourth-order valence-corrected chi connectivity index (χ4v) is 2.72. The van der Waals surface area contributed by atoms with Gasteiger partial charge in [0.15, 0.2) is 0 Å². The first-order chi connectivity index (χ1) is 11.7. The molecule has 1 aliphatic rings. The largest absolute Gasteiger partial charge is 0.497 e. The minimum Gasteiger partial charge on any atom is -0.497 e. The number of carbonyl (C=O) groups excluding carboxylic acids is 1. The second-order valence-electron chi connectivity index (χ2n) is 5.67. The zero-order valence-electron chi connectivity index (χ0n) is 13.7. The van der Waals surface area contributed by atoms with Crippen molar-refractivity contribution in [3.63, 3.8) is 0 Å². The zero-order chi connectivity index (χ0) is 16.9. The van der Waals surface area contributed by atoms with Crippen molar-refractivity contribution in [1.29, 1.82) is 0 Å². The van der Waals surface area contributed by atoms with Gasteiger partial charge in [-0.1, -0.05) is 5.16 Å². The molecule has 0 aliphatic carbocycles. The van der Waals surface area contributed by atoms with Crippen LogP contribution in [0.25, 0.3) is 0 Å². The second-order valence-corrected chi connectivity index (χ2v) is 5.67. The summed E-state index contributed by atoms with van der Waals surface area (Å²) in [6.45, 7) is 2.21. The number of aromatic nitrogens is 1. The van der Waals surface area contributed by atoms with Crippen LogP contribution in [0.5, 0.6) is 5.75 Å². The lowest BCUT2D eigenvalue weighted by Crippen LogP contribution is -2.28. The highest BCUT2D eigenvalue weighted by molar-refractivity contribution is 5.74. The van der Waals surface area contributed by atoms with E-state index in [-0.39, 0.29) is 12.3 Å². The minimum absolute atomic E-state index is 0.266. The standard InChI is InChI=1S/C17H21N3O4/c1-22-13-4-2-12(3-5-13)20(8-6-17(18)21)10-15-14-11-23-9-7-16(14)24-19-15/h2-5H,6-11H2,1H3,(H2,18,21). The average molecular weight is 331 g/mol. The van der Waals surface area contributed by atoms with Crippen LogP contribution >= 0.6 is 0 Å². The normalized spacial score (nSPS) is 13.4. The Balaban J connectivity index is 1.81. The van der Waals surface area contributed by atoms with Gasteiger partial charge >= 0.3 is 0 Å². The molecule has 0 saturated heterocycles. The number of hydrogen-bond donors (Lipinski definition) is 1. The maximum absolute atomic E-state index is 11.2. The predicted molar refractivity (Wildman–Crippen MR) is 87.7 cm³/mol. The number of nitrogens with two attached hydrogens (primary N) is 1. The topological polar surface area (TPSA) is 90.8 Å². The monoisotopic (exact) mass is 331 g/mol. The number of hydrogen-bond acceptors (Lipinski definition) is 6. The Morgan fingerprint density at radius 1 is 1.38 bits per heavy atom. The fraction of sp³-hybridized carbons (Fsp3) is 0.412. The molecule has 1 aromatic heterocycles. The maximum atomic E-state index is 11.2. The van der Waals surface area contributed by atoms with Crippen LogP contribution in [0.3, 0.4) is 0 Å². The van der Waals surface area contributed by atoms with E-state index in [0.29, 0.717) is 26.3 Å². The Morgan fingerprint density at radius 3 is 2.88 bits per heavy atom. The van der Waals surface area contributed by atoms with Crippen molar-refractivity contribution in [3.05, 3.63) is 41.3 Å². The lowest BCUT2D eigenvalue weighted by Gasteiger charge is -2.24. The van der Waals surface area contributed by atoms with Crippen LogP contribution in [0, 0.1) is 0 Å². The molecule has 7 heteroatoms. The molecule has 3 rings (SSSR count). The van der Waals surface area contributed by atoms with E-state index in [1.165, 1.54) is 0 Å². The van der Waals surface area contributed by atoms with E-state index < -0.39 is 0 Å². The second kappa shape index (κ2) is 7.35. The van der Waals surface area contributed by atoms with E-state index in [1.807, 2.05) is 24.3 Å². The molecular weight excluding hydrogens is 310 g/mol. The maximum Gasteiger partial charge on any atom is 0.219 e. The molecule has 0 radical (unpaired) electrons. The van der Waals surface area contributed by atoms with Gasteiger partial charge in [-0.25, -0.2) is 0 Å². The summed E-state index contributed by atoms with van der Waals surface area (Å²) in [6, 6.07) is 7.66. The fourth-order valence-electron chi connectivity index (χ4n) is 2.72. The van der Waals surface area contributed by atoms with Crippen molar-refractivity contribution < 1.29 is 18.8 Å². The molecule has 1 amide bonds. The molecule has 0 atom stereocenters. The Kier molecular flexibility index (Phi) is 5.00. The van der Waals surface area contributed by atoms with Crippen LogP contribution in [0.2, 0.25) is 0 Å². The molecule has 0 unspecified atom stereocenters. The molecule has 2 N–H and O–H groups in total. The SMILES string of the molecule is COc1ccc(N(CCC(N)=O)Cc2noc3c2COCC3)cc1. The minimum atomic E-state index is -0.334. The van der Waals surface area contributed by atoms with Gasteiger partial charge in [-0.15, -0.1) is 0 Å². The molecule has 2 aromatic rings. The third-order valence-electron chi connectivity index (χ3n) is 4.08. The molecule has 7 nitrogen and oxygen atoms in total. The van der Waals surface area contributed by atoms with Crippen molar-refractivity contribution >= 4 is 11.6 Å². The zero-order valence-corrected chi connectivity index (χ0v) is 13.7. The Labute approximate surface area is 140 Å². The third kappa shape index (κ3) is 3.68. The summed E-state index contributed by atoms with van der Waals surface area (Å²) in [4.78, 5) is 13.2. The smallest absolute Gasteiger partial charge is 0.219 e. The van der Waals surface area contributed by atoms with E-state index in [0.717, 1.165) is 34.9 Å². The Bertz CT molecular complexity index is 696. The number of benzene rings is 1. The first kappa shape index (κ1) is 16.3. The van der Waals surface area contributed by atoms with Gasteiger partial charge in [0, 0.05) is 30.6 Å². The number of rotatable bonds is 7. The van der Waals surface area contributed by atoms with Gasteiger partial charge in [0.05, 0.1) is 26.9 Å². The molecule has 0 spiro atoms. The van der Waals surface area contributed by atoms with E-state index >= 15 is 0 Å². The highest BCUT2D eigenvalue weighted by atomic mass is 16.5. The van der Waals surface area contributed by atoms with E-state index in [2.05, 4.69) is 10.1 Å². The van der Waals surface area contributed by atoms with Crippen LogP contribution in [0.4, 0.5) is 5.69 Å². The quantitative estimate of drug-likeness (QED) is 0.829. The van der Waals surface area contributed by atoms with E-state index in [9.17, 15) is 4.79 Å². The third-order valence-corrected chi connectivity index (χ3v) is 4.08.